The summed E-state index contributed by atoms with van der Waals surface area (Å²) < 4.78 is 5.13. The van der Waals surface area contributed by atoms with Gasteiger partial charge in [0.1, 0.15) is 5.75 Å². The third-order valence-corrected chi connectivity index (χ3v) is 3.43. The Bertz CT molecular complexity index is 392. The number of carbonyl (C=O) groups is 1. The van der Waals surface area contributed by atoms with Crippen molar-refractivity contribution in [2.75, 3.05) is 7.11 Å². The van der Waals surface area contributed by atoms with Gasteiger partial charge >= 0.3 is 0 Å². The Labute approximate surface area is 96.6 Å². The molecule has 1 aromatic carbocycles. The van der Waals surface area contributed by atoms with Gasteiger partial charge in [0, 0.05) is 12.0 Å². The molecule has 0 atom stereocenters. The highest BCUT2D eigenvalue weighted by atomic mass is 16.5. The summed E-state index contributed by atoms with van der Waals surface area (Å²) >= 11 is 0. The lowest BCUT2D eigenvalue weighted by Gasteiger charge is -2.24. The van der Waals surface area contributed by atoms with Crippen molar-refractivity contribution < 1.29 is 9.53 Å². The van der Waals surface area contributed by atoms with Gasteiger partial charge in [0.05, 0.1) is 7.11 Å². The van der Waals surface area contributed by atoms with E-state index in [9.17, 15) is 4.79 Å². The zero-order chi connectivity index (χ0) is 11.5. The molecule has 1 fully saturated rings. The number of hydrogen-bond acceptors (Lipinski definition) is 2. The number of benzene rings is 1. The highest BCUT2D eigenvalue weighted by molar-refractivity contribution is 5.97. The van der Waals surface area contributed by atoms with E-state index >= 15 is 0 Å². The predicted molar refractivity (Wildman–Crippen MR) is 64.0 cm³/mol. The molecular weight excluding hydrogens is 200 g/mol. The molecule has 1 aliphatic carbocycles. The summed E-state index contributed by atoms with van der Waals surface area (Å²) in [6, 6.07) is 5.67. The number of carbonyl (C=O) groups excluding carboxylic acids is 1. The number of rotatable bonds is 4. The molecule has 0 amide bonds. The number of aryl methyl sites for hydroxylation is 1. The monoisotopic (exact) mass is 218 g/mol. The minimum atomic E-state index is 0.282. The number of Topliss-reactive ketones (excluding diaryl/α,β-unsaturated/α-hetero) is 1. The standard InChI is InChI=1S/C14H18O2/c1-10-8-12(16-2)6-7-13(10)14(15)9-11-4-3-5-11/h6-8,11H,3-5,9H2,1-2H3. The second-order valence-corrected chi connectivity index (χ2v) is 4.61. The van der Waals surface area contributed by atoms with Crippen molar-refractivity contribution >= 4 is 5.78 Å². The molecule has 1 saturated carbocycles. The molecule has 86 valence electrons. The summed E-state index contributed by atoms with van der Waals surface area (Å²) in [5.74, 6) is 1.73. The van der Waals surface area contributed by atoms with Gasteiger partial charge in [0.25, 0.3) is 0 Å². The Morgan fingerprint density at radius 1 is 1.44 bits per heavy atom. The number of hydrogen-bond donors (Lipinski definition) is 0. The molecule has 1 aromatic rings. The smallest absolute Gasteiger partial charge is 0.163 e. The zero-order valence-electron chi connectivity index (χ0n) is 9.95. The van der Waals surface area contributed by atoms with Crippen LogP contribution in [0.2, 0.25) is 0 Å². The second-order valence-electron chi connectivity index (χ2n) is 4.61. The predicted octanol–water partition coefficient (Wildman–Crippen LogP) is 3.38. The molecule has 16 heavy (non-hydrogen) atoms. The van der Waals surface area contributed by atoms with Crippen molar-refractivity contribution in [1.29, 1.82) is 0 Å². The van der Waals surface area contributed by atoms with Crippen molar-refractivity contribution in [3.05, 3.63) is 29.3 Å². The first-order valence-corrected chi connectivity index (χ1v) is 5.88. The van der Waals surface area contributed by atoms with Crippen LogP contribution < -0.4 is 4.74 Å². The topological polar surface area (TPSA) is 26.3 Å². The van der Waals surface area contributed by atoms with Gasteiger partial charge in [-0.05, 0) is 36.6 Å². The summed E-state index contributed by atoms with van der Waals surface area (Å²) in [4.78, 5) is 12.0. The van der Waals surface area contributed by atoms with Crippen LogP contribution in [0.25, 0.3) is 0 Å². The van der Waals surface area contributed by atoms with Crippen LogP contribution in [0.15, 0.2) is 18.2 Å². The van der Waals surface area contributed by atoms with E-state index in [1.807, 2.05) is 25.1 Å². The minimum absolute atomic E-state index is 0.282. The quantitative estimate of drug-likeness (QED) is 0.724. The van der Waals surface area contributed by atoms with E-state index in [1.165, 1.54) is 19.3 Å². The molecule has 0 N–H and O–H groups in total. The summed E-state index contributed by atoms with van der Waals surface area (Å²) in [5, 5.41) is 0. The molecule has 0 aliphatic heterocycles. The SMILES string of the molecule is COc1ccc(C(=O)CC2CCC2)c(C)c1. The lowest BCUT2D eigenvalue weighted by atomic mass is 9.80. The molecule has 1 aliphatic rings. The molecular formula is C14H18O2. The molecule has 0 unspecified atom stereocenters. The van der Waals surface area contributed by atoms with E-state index in [2.05, 4.69) is 0 Å². The van der Waals surface area contributed by atoms with Crippen LogP contribution in [0.4, 0.5) is 0 Å². The average Bonchev–Trinajstić information content (AvgIpc) is 2.23. The Balaban J connectivity index is 2.09. The van der Waals surface area contributed by atoms with Gasteiger partial charge in [0.15, 0.2) is 5.78 Å². The van der Waals surface area contributed by atoms with Crippen molar-refractivity contribution in [1.82, 2.24) is 0 Å². The maximum atomic E-state index is 12.0. The van der Waals surface area contributed by atoms with Gasteiger partial charge in [-0.3, -0.25) is 4.79 Å². The van der Waals surface area contributed by atoms with Gasteiger partial charge in [-0.25, -0.2) is 0 Å². The van der Waals surface area contributed by atoms with Gasteiger partial charge in [0.2, 0.25) is 0 Å². The van der Waals surface area contributed by atoms with E-state index in [0.717, 1.165) is 16.9 Å². The van der Waals surface area contributed by atoms with Gasteiger partial charge in [-0.2, -0.15) is 0 Å². The third kappa shape index (κ3) is 2.26. The fourth-order valence-electron chi connectivity index (χ4n) is 2.15. The molecule has 0 bridgehead atoms. The molecule has 2 rings (SSSR count). The molecule has 0 aromatic heterocycles. The van der Waals surface area contributed by atoms with Crippen molar-refractivity contribution in [2.45, 2.75) is 32.6 Å². The largest absolute Gasteiger partial charge is 0.497 e. The number of ether oxygens (including phenoxy) is 1. The fraction of sp³-hybridized carbons (Fsp3) is 0.500. The highest BCUT2D eigenvalue weighted by Gasteiger charge is 2.22. The van der Waals surface area contributed by atoms with E-state index < -0.39 is 0 Å². The van der Waals surface area contributed by atoms with Crippen LogP contribution in [0.1, 0.15) is 41.6 Å². The first-order valence-electron chi connectivity index (χ1n) is 5.88. The summed E-state index contributed by atoms with van der Waals surface area (Å²) in [6.07, 6.45) is 4.45. The second kappa shape index (κ2) is 4.69. The molecule has 0 saturated heterocycles. The zero-order valence-corrected chi connectivity index (χ0v) is 9.95. The highest BCUT2D eigenvalue weighted by Crippen LogP contribution is 2.31. The van der Waals surface area contributed by atoms with Crippen molar-refractivity contribution in [3.63, 3.8) is 0 Å². The molecule has 0 radical (unpaired) electrons. The Morgan fingerprint density at radius 2 is 2.19 bits per heavy atom. The Hall–Kier alpha value is -1.31. The normalized spacial score (nSPS) is 15.6. The van der Waals surface area contributed by atoms with Crippen LogP contribution in [0, 0.1) is 12.8 Å². The summed E-state index contributed by atoms with van der Waals surface area (Å²) in [7, 11) is 1.64. The van der Waals surface area contributed by atoms with E-state index in [1.54, 1.807) is 7.11 Å². The molecule has 0 heterocycles. The first-order chi connectivity index (χ1) is 7.70. The van der Waals surface area contributed by atoms with E-state index in [0.29, 0.717) is 12.3 Å². The van der Waals surface area contributed by atoms with E-state index in [4.69, 9.17) is 4.74 Å². The maximum absolute atomic E-state index is 12.0. The van der Waals surface area contributed by atoms with Gasteiger partial charge < -0.3 is 4.74 Å². The van der Waals surface area contributed by atoms with Crippen LogP contribution in [-0.4, -0.2) is 12.9 Å². The van der Waals surface area contributed by atoms with Gasteiger partial charge in [-0.1, -0.05) is 19.3 Å². The average molecular weight is 218 g/mol. The first kappa shape index (κ1) is 11.2. The number of methoxy groups -OCH3 is 1. The summed E-state index contributed by atoms with van der Waals surface area (Å²) in [6.45, 7) is 1.97. The maximum Gasteiger partial charge on any atom is 0.163 e. The number of ketones is 1. The molecule has 0 spiro atoms. The van der Waals surface area contributed by atoms with Crippen LogP contribution in [-0.2, 0) is 0 Å². The molecule has 2 heteroatoms. The fourth-order valence-corrected chi connectivity index (χ4v) is 2.15. The lowest BCUT2D eigenvalue weighted by molar-refractivity contribution is 0.0936. The van der Waals surface area contributed by atoms with Crippen LogP contribution in [0.5, 0.6) is 5.75 Å². The minimum Gasteiger partial charge on any atom is -0.497 e. The van der Waals surface area contributed by atoms with Crippen molar-refractivity contribution in [3.8, 4) is 5.75 Å². The van der Waals surface area contributed by atoms with Gasteiger partial charge in [-0.15, -0.1) is 0 Å². The van der Waals surface area contributed by atoms with Crippen molar-refractivity contribution in [2.24, 2.45) is 5.92 Å². The third-order valence-electron chi connectivity index (χ3n) is 3.43. The van der Waals surface area contributed by atoms with Crippen LogP contribution in [0.3, 0.4) is 0 Å². The Kier molecular flexibility index (Phi) is 3.28. The van der Waals surface area contributed by atoms with E-state index in [-0.39, 0.29) is 5.78 Å². The molecule has 2 nitrogen and oxygen atoms in total. The Morgan fingerprint density at radius 3 is 2.69 bits per heavy atom. The summed E-state index contributed by atoms with van der Waals surface area (Å²) in [5.41, 5.74) is 1.87. The van der Waals surface area contributed by atoms with Crippen LogP contribution >= 0.6 is 0 Å². The lowest BCUT2D eigenvalue weighted by Crippen LogP contribution is -2.16.